The van der Waals surface area contributed by atoms with Crippen molar-refractivity contribution in [3.05, 3.63) is 88.1 Å². The Morgan fingerprint density at radius 3 is 2.63 bits per heavy atom. The Morgan fingerprint density at radius 2 is 1.93 bits per heavy atom. The van der Waals surface area contributed by atoms with Crippen molar-refractivity contribution in [2.24, 2.45) is 13.0 Å². The van der Waals surface area contributed by atoms with E-state index in [1.165, 1.54) is 0 Å². The van der Waals surface area contributed by atoms with E-state index >= 15 is 0 Å². The minimum atomic E-state index is -0.0940. The fourth-order valence-corrected chi connectivity index (χ4v) is 3.81. The summed E-state index contributed by atoms with van der Waals surface area (Å²) in [7, 11) is 1.89. The molecule has 158 valence electrons. The largest absolute Gasteiger partial charge is 0.352 e. The molecule has 2 atom stereocenters. The van der Waals surface area contributed by atoms with Crippen LogP contribution in [0.3, 0.4) is 0 Å². The molecule has 7 nitrogen and oxygen atoms in total. The highest BCUT2D eigenvalue weighted by molar-refractivity contribution is 5.85. The summed E-state index contributed by atoms with van der Waals surface area (Å²) in [5, 5.41) is 10.6. The van der Waals surface area contributed by atoms with Crippen LogP contribution in [0, 0.1) is 5.92 Å². The molecular weight excluding hydrogens is 402 g/mol. The standard InChI is InChI=1S/C22H25N5O2.ClH/c1-26-15-18(11-25-26)19-12-23-13-20(19)22(29)24-10-16-5-7-17(8-6-16)14-27-9-3-2-4-21(27)28;/h2-9,11,15,19-20,23H,10,12-14H2,1H3,(H,24,29);1H/t19-,20+;/m1./s1. The highest BCUT2D eigenvalue weighted by Gasteiger charge is 2.34. The van der Waals surface area contributed by atoms with E-state index in [1.54, 1.807) is 27.6 Å². The van der Waals surface area contributed by atoms with Gasteiger partial charge in [-0.15, -0.1) is 12.4 Å². The molecule has 0 spiro atoms. The van der Waals surface area contributed by atoms with Crippen molar-refractivity contribution in [3.63, 3.8) is 0 Å². The predicted octanol–water partition coefficient (Wildman–Crippen LogP) is 1.67. The van der Waals surface area contributed by atoms with E-state index in [2.05, 4.69) is 15.7 Å². The van der Waals surface area contributed by atoms with Crippen molar-refractivity contribution in [2.45, 2.75) is 19.0 Å². The number of amides is 1. The summed E-state index contributed by atoms with van der Waals surface area (Å²) >= 11 is 0. The van der Waals surface area contributed by atoms with Crippen LogP contribution in [0.25, 0.3) is 0 Å². The van der Waals surface area contributed by atoms with Gasteiger partial charge in [-0.2, -0.15) is 5.10 Å². The summed E-state index contributed by atoms with van der Waals surface area (Å²) < 4.78 is 3.44. The molecule has 3 heterocycles. The summed E-state index contributed by atoms with van der Waals surface area (Å²) in [5.41, 5.74) is 3.16. The molecular formula is C22H26ClN5O2. The van der Waals surface area contributed by atoms with Gasteiger partial charge >= 0.3 is 0 Å². The second-order valence-electron chi connectivity index (χ2n) is 7.52. The summed E-state index contributed by atoms with van der Waals surface area (Å²) in [5.74, 6) is 0.113. The van der Waals surface area contributed by atoms with Gasteiger partial charge in [0.15, 0.2) is 0 Å². The van der Waals surface area contributed by atoms with Crippen LogP contribution in [0.15, 0.2) is 65.8 Å². The first-order valence-corrected chi connectivity index (χ1v) is 9.80. The Hall–Kier alpha value is -2.90. The first kappa shape index (κ1) is 21.8. The van der Waals surface area contributed by atoms with Crippen LogP contribution in [-0.4, -0.2) is 33.3 Å². The van der Waals surface area contributed by atoms with Crippen molar-refractivity contribution in [1.82, 2.24) is 25.0 Å². The van der Waals surface area contributed by atoms with E-state index in [0.717, 1.165) is 23.2 Å². The molecule has 2 aromatic heterocycles. The highest BCUT2D eigenvalue weighted by Crippen LogP contribution is 2.27. The van der Waals surface area contributed by atoms with Gasteiger partial charge < -0.3 is 15.2 Å². The molecule has 1 aliphatic rings. The molecule has 0 aliphatic carbocycles. The smallest absolute Gasteiger partial charge is 0.250 e. The lowest BCUT2D eigenvalue weighted by Crippen LogP contribution is -2.33. The van der Waals surface area contributed by atoms with Crippen LogP contribution in [0.1, 0.15) is 22.6 Å². The normalized spacial score (nSPS) is 18.0. The van der Waals surface area contributed by atoms with Crippen LogP contribution in [-0.2, 0) is 24.9 Å². The first-order chi connectivity index (χ1) is 14.1. The average Bonchev–Trinajstić information content (AvgIpc) is 3.38. The monoisotopic (exact) mass is 427 g/mol. The Kier molecular flexibility index (Phi) is 7.07. The number of hydrogen-bond acceptors (Lipinski definition) is 4. The average molecular weight is 428 g/mol. The van der Waals surface area contributed by atoms with Crippen LogP contribution in [0.5, 0.6) is 0 Å². The Balaban J connectivity index is 0.00000256. The van der Waals surface area contributed by atoms with Gasteiger partial charge in [-0.1, -0.05) is 30.3 Å². The quantitative estimate of drug-likeness (QED) is 0.627. The number of pyridine rings is 1. The molecule has 2 N–H and O–H groups in total. The van der Waals surface area contributed by atoms with Crippen LogP contribution >= 0.6 is 12.4 Å². The minimum absolute atomic E-state index is 0. The van der Waals surface area contributed by atoms with Crippen molar-refractivity contribution >= 4 is 18.3 Å². The molecule has 3 aromatic rings. The fraction of sp³-hybridized carbons (Fsp3) is 0.318. The molecule has 1 amide bonds. The maximum atomic E-state index is 12.7. The van der Waals surface area contributed by atoms with Gasteiger partial charge in [0.05, 0.1) is 18.7 Å². The third-order valence-corrected chi connectivity index (χ3v) is 5.45. The van der Waals surface area contributed by atoms with Crippen molar-refractivity contribution in [1.29, 1.82) is 0 Å². The zero-order chi connectivity index (χ0) is 20.2. The number of nitrogens with zero attached hydrogens (tertiary/aromatic N) is 3. The molecule has 0 unspecified atom stereocenters. The molecule has 1 aromatic carbocycles. The lowest BCUT2D eigenvalue weighted by Gasteiger charge is -2.17. The van der Waals surface area contributed by atoms with Crippen LogP contribution < -0.4 is 16.2 Å². The van der Waals surface area contributed by atoms with Crippen LogP contribution in [0.4, 0.5) is 0 Å². The minimum Gasteiger partial charge on any atom is -0.352 e. The molecule has 1 aliphatic heterocycles. The number of halogens is 1. The van der Waals surface area contributed by atoms with Gasteiger partial charge in [-0.25, -0.2) is 0 Å². The second kappa shape index (κ2) is 9.73. The number of aryl methyl sites for hydroxylation is 1. The topological polar surface area (TPSA) is 81.0 Å². The summed E-state index contributed by atoms with van der Waals surface area (Å²) in [6, 6.07) is 13.1. The van der Waals surface area contributed by atoms with E-state index in [9.17, 15) is 9.59 Å². The second-order valence-corrected chi connectivity index (χ2v) is 7.52. The first-order valence-electron chi connectivity index (χ1n) is 9.80. The number of aromatic nitrogens is 3. The number of benzene rings is 1. The van der Waals surface area contributed by atoms with Gasteiger partial charge in [0.2, 0.25) is 5.91 Å². The SMILES string of the molecule is Cl.Cn1cc([C@H]2CNC[C@@H]2C(=O)NCc2ccc(Cn3ccccc3=O)cc2)cn1. The lowest BCUT2D eigenvalue weighted by molar-refractivity contribution is -0.125. The molecule has 1 saturated heterocycles. The van der Waals surface area contributed by atoms with Gasteiger partial charge in [-0.3, -0.25) is 14.3 Å². The van der Waals surface area contributed by atoms with Crippen LogP contribution in [0.2, 0.25) is 0 Å². The molecule has 30 heavy (non-hydrogen) atoms. The molecule has 4 rings (SSSR count). The van der Waals surface area contributed by atoms with E-state index < -0.39 is 0 Å². The van der Waals surface area contributed by atoms with Gasteiger partial charge in [0, 0.05) is 51.1 Å². The number of carbonyl (C=O) groups is 1. The van der Waals surface area contributed by atoms with E-state index in [0.29, 0.717) is 19.6 Å². The van der Waals surface area contributed by atoms with Crippen molar-refractivity contribution in [3.8, 4) is 0 Å². The highest BCUT2D eigenvalue weighted by atomic mass is 35.5. The lowest BCUT2D eigenvalue weighted by atomic mass is 9.90. The predicted molar refractivity (Wildman–Crippen MR) is 118 cm³/mol. The third kappa shape index (κ3) is 4.98. The van der Waals surface area contributed by atoms with Gasteiger partial charge in [0.25, 0.3) is 5.56 Å². The number of nitrogens with one attached hydrogen (secondary N) is 2. The zero-order valence-electron chi connectivity index (χ0n) is 16.8. The van der Waals surface area contributed by atoms with Crippen molar-refractivity contribution in [2.75, 3.05) is 13.1 Å². The molecule has 0 radical (unpaired) electrons. The zero-order valence-corrected chi connectivity index (χ0v) is 17.6. The molecule has 0 saturated carbocycles. The molecule has 0 bridgehead atoms. The summed E-state index contributed by atoms with van der Waals surface area (Å²) in [6.45, 7) is 2.49. The van der Waals surface area contributed by atoms with Crippen molar-refractivity contribution < 1.29 is 4.79 Å². The maximum Gasteiger partial charge on any atom is 0.250 e. The van der Waals surface area contributed by atoms with Gasteiger partial charge in [-0.05, 0) is 22.8 Å². The van der Waals surface area contributed by atoms with E-state index in [4.69, 9.17) is 0 Å². The summed E-state index contributed by atoms with van der Waals surface area (Å²) in [6.07, 6.45) is 5.61. The molecule has 8 heteroatoms. The maximum absolute atomic E-state index is 12.7. The summed E-state index contributed by atoms with van der Waals surface area (Å²) in [4.78, 5) is 24.6. The Bertz CT molecular complexity index is 1040. The number of carbonyl (C=O) groups excluding carboxylic acids is 1. The fourth-order valence-electron chi connectivity index (χ4n) is 3.81. The molecule has 1 fully saturated rings. The Morgan fingerprint density at radius 1 is 1.17 bits per heavy atom. The number of rotatable bonds is 6. The number of hydrogen-bond donors (Lipinski definition) is 2. The van der Waals surface area contributed by atoms with Gasteiger partial charge in [0.1, 0.15) is 0 Å². The third-order valence-electron chi connectivity index (χ3n) is 5.45. The van der Waals surface area contributed by atoms with E-state index in [-0.39, 0.29) is 35.7 Å². The Labute approximate surface area is 181 Å². The van der Waals surface area contributed by atoms with E-state index in [1.807, 2.05) is 49.8 Å².